The van der Waals surface area contributed by atoms with Crippen LogP contribution in [0.4, 0.5) is 0 Å². The fourth-order valence-corrected chi connectivity index (χ4v) is 1.68. The Hall–Kier alpha value is -1.72. The first-order chi connectivity index (χ1) is 9.75. The van der Waals surface area contributed by atoms with Crippen LogP contribution in [0, 0.1) is 5.92 Å². The summed E-state index contributed by atoms with van der Waals surface area (Å²) in [5, 5.41) is 11.3. The first-order valence-electron chi connectivity index (χ1n) is 6.92. The predicted molar refractivity (Wildman–Crippen MR) is 77.1 cm³/mol. The molecule has 1 aromatic carbocycles. The third kappa shape index (κ3) is 4.75. The van der Waals surface area contributed by atoms with Gasteiger partial charge in [-0.25, -0.2) is 0 Å². The van der Waals surface area contributed by atoms with Crippen LogP contribution >= 0.6 is 0 Å². The van der Waals surface area contributed by atoms with Crippen molar-refractivity contribution in [2.24, 2.45) is 5.92 Å². The van der Waals surface area contributed by atoms with Gasteiger partial charge >= 0.3 is 0 Å². The number of benzene rings is 1. The fraction of sp³-hybridized carbons (Fsp3) is 0.467. The maximum atomic E-state index is 5.59. The average molecular weight is 275 g/mol. The normalized spacial score (nSPS) is 11.2. The molecule has 0 aliphatic carbocycles. The molecule has 0 amide bonds. The van der Waals surface area contributed by atoms with E-state index in [1.54, 1.807) is 0 Å². The molecule has 0 aliphatic heterocycles. The van der Waals surface area contributed by atoms with E-state index in [1.165, 1.54) is 0 Å². The summed E-state index contributed by atoms with van der Waals surface area (Å²) >= 11 is 0. The summed E-state index contributed by atoms with van der Waals surface area (Å²) < 4.78 is 11.1. The molecule has 1 aromatic heterocycles. The zero-order valence-electron chi connectivity index (χ0n) is 12.0. The number of hydrogen-bond donors (Lipinski definition) is 1. The summed E-state index contributed by atoms with van der Waals surface area (Å²) in [6.45, 7) is 7.09. The Kier molecular flexibility index (Phi) is 5.70. The van der Waals surface area contributed by atoms with Gasteiger partial charge in [-0.05, 0) is 18.1 Å². The van der Waals surface area contributed by atoms with Gasteiger partial charge < -0.3 is 14.5 Å². The van der Waals surface area contributed by atoms with Crippen molar-refractivity contribution in [3.05, 3.63) is 36.2 Å². The third-order valence-corrected chi connectivity index (χ3v) is 2.64. The molecule has 0 radical (unpaired) electrons. The molecular formula is C15H21N3O2. The largest absolute Gasteiger partial charge is 0.419 e. The second kappa shape index (κ2) is 7.77. The number of ether oxygens (including phenoxy) is 1. The van der Waals surface area contributed by atoms with Crippen molar-refractivity contribution in [3.8, 4) is 11.5 Å². The maximum absolute atomic E-state index is 5.59. The van der Waals surface area contributed by atoms with E-state index in [-0.39, 0.29) is 0 Å². The highest BCUT2D eigenvalue weighted by Gasteiger charge is 2.07. The Morgan fingerprint density at radius 3 is 2.75 bits per heavy atom. The summed E-state index contributed by atoms with van der Waals surface area (Å²) in [6, 6.07) is 9.75. The zero-order valence-corrected chi connectivity index (χ0v) is 12.0. The second-order valence-electron chi connectivity index (χ2n) is 5.01. The van der Waals surface area contributed by atoms with Crippen LogP contribution in [0.5, 0.6) is 0 Å². The molecule has 0 spiro atoms. The van der Waals surface area contributed by atoms with E-state index in [9.17, 15) is 0 Å². The summed E-state index contributed by atoms with van der Waals surface area (Å²) in [5.74, 6) is 1.71. The van der Waals surface area contributed by atoms with Crippen LogP contribution in [0.1, 0.15) is 19.7 Å². The Morgan fingerprint density at radius 1 is 1.20 bits per heavy atom. The third-order valence-electron chi connectivity index (χ3n) is 2.64. The Morgan fingerprint density at radius 2 is 2.00 bits per heavy atom. The molecule has 1 N–H and O–H groups in total. The van der Waals surface area contributed by atoms with E-state index in [2.05, 4.69) is 29.4 Å². The van der Waals surface area contributed by atoms with E-state index in [4.69, 9.17) is 9.15 Å². The monoisotopic (exact) mass is 275 g/mol. The molecule has 0 atom stereocenters. The van der Waals surface area contributed by atoms with Crippen LogP contribution in [-0.4, -0.2) is 30.0 Å². The van der Waals surface area contributed by atoms with Crippen LogP contribution in [0.3, 0.4) is 0 Å². The van der Waals surface area contributed by atoms with Crippen LogP contribution in [0.2, 0.25) is 0 Å². The minimum absolute atomic E-state index is 0.554. The fourth-order valence-electron chi connectivity index (χ4n) is 1.68. The van der Waals surface area contributed by atoms with Gasteiger partial charge in [0.05, 0.1) is 13.2 Å². The summed E-state index contributed by atoms with van der Waals surface area (Å²) in [5.41, 5.74) is 0.937. The highest BCUT2D eigenvalue weighted by Crippen LogP contribution is 2.16. The van der Waals surface area contributed by atoms with Gasteiger partial charge in [0.25, 0.3) is 0 Å². The molecule has 5 nitrogen and oxygen atoms in total. The van der Waals surface area contributed by atoms with E-state index in [1.807, 2.05) is 30.3 Å². The summed E-state index contributed by atoms with van der Waals surface area (Å²) in [6.07, 6.45) is 0. The number of nitrogens with zero attached hydrogens (tertiary/aromatic N) is 2. The zero-order chi connectivity index (χ0) is 14.2. The molecule has 1 heterocycles. The van der Waals surface area contributed by atoms with Crippen molar-refractivity contribution in [3.63, 3.8) is 0 Å². The molecule has 0 saturated heterocycles. The first kappa shape index (κ1) is 14.7. The number of hydrogen-bond acceptors (Lipinski definition) is 5. The molecule has 0 aliphatic rings. The smallest absolute Gasteiger partial charge is 0.247 e. The van der Waals surface area contributed by atoms with E-state index in [0.29, 0.717) is 30.9 Å². The topological polar surface area (TPSA) is 60.2 Å². The maximum Gasteiger partial charge on any atom is 0.247 e. The van der Waals surface area contributed by atoms with Gasteiger partial charge in [0.2, 0.25) is 11.8 Å². The van der Waals surface area contributed by atoms with Gasteiger partial charge in [0, 0.05) is 18.7 Å². The van der Waals surface area contributed by atoms with Gasteiger partial charge in [0.15, 0.2) is 0 Å². The minimum atomic E-state index is 0.554. The van der Waals surface area contributed by atoms with E-state index >= 15 is 0 Å². The van der Waals surface area contributed by atoms with Crippen LogP contribution in [0.25, 0.3) is 11.5 Å². The lowest BCUT2D eigenvalue weighted by Crippen LogP contribution is -2.20. The highest BCUT2D eigenvalue weighted by atomic mass is 16.5. The van der Waals surface area contributed by atoms with Crippen molar-refractivity contribution in [1.82, 2.24) is 15.5 Å². The lowest BCUT2D eigenvalue weighted by molar-refractivity contribution is 0.111. The molecule has 108 valence electrons. The van der Waals surface area contributed by atoms with Gasteiger partial charge in [0.1, 0.15) is 0 Å². The van der Waals surface area contributed by atoms with Crippen LogP contribution < -0.4 is 5.32 Å². The van der Waals surface area contributed by atoms with Gasteiger partial charge in [-0.1, -0.05) is 32.0 Å². The van der Waals surface area contributed by atoms with Crippen molar-refractivity contribution < 1.29 is 9.15 Å². The SMILES string of the molecule is CC(C)COCCNCc1nnc(-c2ccccc2)o1. The molecule has 5 heteroatoms. The quantitative estimate of drug-likeness (QED) is 0.750. The lowest BCUT2D eigenvalue weighted by Gasteiger charge is -2.06. The Balaban J connectivity index is 1.71. The molecule has 2 rings (SSSR count). The van der Waals surface area contributed by atoms with E-state index in [0.717, 1.165) is 18.7 Å². The van der Waals surface area contributed by atoms with Crippen molar-refractivity contribution in [2.75, 3.05) is 19.8 Å². The van der Waals surface area contributed by atoms with Crippen molar-refractivity contribution in [2.45, 2.75) is 20.4 Å². The van der Waals surface area contributed by atoms with Crippen molar-refractivity contribution >= 4 is 0 Å². The van der Waals surface area contributed by atoms with E-state index < -0.39 is 0 Å². The first-order valence-corrected chi connectivity index (χ1v) is 6.92. The minimum Gasteiger partial charge on any atom is -0.419 e. The molecule has 0 bridgehead atoms. The summed E-state index contributed by atoms with van der Waals surface area (Å²) in [7, 11) is 0. The standard InChI is InChI=1S/C15H21N3O2/c1-12(2)11-19-9-8-16-10-14-17-18-15(20-14)13-6-4-3-5-7-13/h3-7,12,16H,8-11H2,1-2H3. The molecular weight excluding hydrogens is 254 g/mol. The lowest BCUT2D eigenvalue weighted by atomic mass is 10.2. The molecule has 0 saturated carbocycles. The Bertz CT molecular complexity index is 497. The van der Waals surface area contributed by atoms with Gasteiger partial charge in [-0.3, -0.25) is 0 Å². The second-order valence-corrected chi connectivity index (χ2v) is 5.01. The molecule has 2 aromatic rings. The van der Waals surface area contributed by atoms with Gasteiger partial charge in [-0.2, -0.15) is 0 Å². The van der Waals surface area contributed by atoms with Gasteiger partial charge in [-0.15, -0.1) is 10.2 Å². The van der Waals surface area contributed by atoms with Crippen LogP contribution in [0.15, 0.2) is 34.7 Å². The number of rotatable bonds is 8. The number of aromatic nitrogens is 2. The molecule has 0 fully saturated rings. The average Bonchev–Trinajstić information content (AvgIpc) is 2.92. The number of nitrogens with one attached hydrogen (secondary N) is 1. The van der Waals surface area contributed by atoms with Crippen LogP contribution in [-0.2, 0) is 11.3 Å². The molecule has 0 unspecified atom stereocenters. The molecule has 20 heavy (non-hydrogen) atoms. The van der Waals surface area contributed by atoms with Crippen molar-refractivity contribution in [1.29, 1.82) is 0 Å². The highest BCUT2D eigenvalue weighted by molar-refractivity contribution is 5.51. The Labute approximate surface area is 119 Å². The predicted octanol–water partition coefficient (Wildman–Crippen LogP) is 2.50. The summed E-state index contributed by atoms with van der Waals surface area (Å²) in [4.78, 5) is 0.